The molecule has 0 saturated heterocycles. The number of benzene rings is 2. The number of fused-ring (bicyclic) bond motifs is 1. The summed E-state index contributed by atoms with van der Waals surface area (Å²) in [5, 5.41) is 19.4. The fraction of sp³-hybridized carbons (Fsp3) is 0. The number of nitrogens with zero attached hydrogens (tertiary/aromatic N) is 4. The first-order chi connectivity index (χ1) is 17.2. The van der Waals surface area contributed by atoms with Gasteiger partial charge in [0.2, 0.25) is 0 Å². The van der Waals surface area contributed by atoms with Gasteiger partial charge in [0.1, 0.15) is 5.82 Å². The number of nitriles is 1. The van der Waals surface area contributed by atoms with E-state index in [2.05, 4.69) is 37.0 Å². The topological polar surface area (TPSA) is 116 Å². The zero-order valence-corrected chi connectivity index (χ0v) is 18.4. The molecule has 0 aliphatic heterocycles. The van der Waals surface area contributed by atoms with Crippen molar-refractivity contribution in [2.45, 2.75) is 0 Å². The SMILES string of the molecule is N#Cc1ccc2nccc(Nc3ccc(C(=O)Nc4ccc(Nc5ccncc5)nc4)cc3)c2c1. The molecule has 0 fully saturated rings. The van der Waals surface area contributed by atoms with Crippen molar-refractivity contribution in [3.8, 4) is 6.07 Å². The lowest BCUT2D eigenvalue weighted by molar-refractivity contribution is 0.102. The van der Waals surface area contributed by atoms with Crippen LogP contribution in [-0.4, -0.2) is 20.9 Å². The molecule has 1 amide bonds. The highest BCUT2D eigenvalue weighted by atomic mass is 16.1. The van der Waals surface area contributed by atoms with Crippen LogP contribution in [0.15, 0.2) is 97.6 Å². The number of amides is 1. The molecule has 0 bridgehead atoms. The van der Waals surface area contributed by atoms with Gasteiger partial charge in [0.25, 0.3) is 5.91 Å². The van der Waals surface area contributed by atoms with Crippen molar-refractivity contribution in [2.24, 2.45) is 0 Å². The molecule has 5 aromatic rings. The third-order valence-corrected chi connectivity index (χ3v) is 5.27. The van der Waals surface area contributed by atoms with Gasteiger partial charge in [-0.1, -0.05) is 0 Å². The van der Waals surface area contributed by atoms with Gasteiger partial charge in [-0.3, -0.25) is 14.8 Å². The Morgan fingerprint density at radius 2 is 1.54 bits per heavy atom. The van der Waals surface area contributed by atoms with Crippen molar-refractivity contribution in [2.75, 3.05) is 16.0 Å². The molecule has 35 heavy (non-hydrogen) atoms. The molecule has 0 aliphatic rings. The lowest BCUT2D eigenvalue weighted by atomic mass is 10.1. The minimum Gasteiger partial charge on any atom is -0.355 e. The largest absolute Gasteiger partial charge is 0.355 e. The maximum absolute atomic E-state index is 12.7. The second kappa shape index (κ2) is 9.68. The summed E-state index contributed by atoms with van der Waals surface area (Å²) in [7, 11) is 0. The van der Waals surface area contributed by atoms with Gasteiger partial charge in [0.15, 0.2) is 0 Å². The second-order valence-electron chi connectivity index (χ2n) is 7.65. The molecular formula is C27H19N7O. The molecule has 3 heterocycles. The van der Waals surface area contributed by atoms with E-state index in [1.54, 1.807) is 61.2 Å². The van der Waals surface area contributed by atoms with Crippen LogP contribution in [0.4, 0.5) is 28.6 Å². The Kier molecular flexibility index (Phi) is 5.96. The molecule has 8 nitrogen and oxygen atoms in total. The van der Waals surface area contributed by atoms with Gasteiger partial charge in [-0.05, 0) is 72.8 Å². The van der Waals surface area contributed by atoms with Crippen LogP contribution in [0.3, 0.4) is 0 Å². The molecule has 0 atom stereocenters. The van der Waals surface area contributed by atoms with Gasteiger partial charge in [-0.2, -0.15) is 5.26 Å². The van der Waals surface area contributed by atoms with E-state index < -0.39 is 0 Å². The first-order valence-electron chi connectivity index (χ1n) is 10.8. The summed E-state index contributed by atoms with van der Waals surface area (Å²) in [5.74, 6) is 0.427. The van der Waals surface area contributed by atoms with E-state index in [4.69, 9.17) is 0 Å². The van der Waals surface area contributed by atoms with Crippen LogP contribution in [0, 0.1) is 11.3 Å². The van der Waals surface area contributed by atoms with Crippen LogP contribution < -0.4 is 16.0 Å². The molecule has 8 heteroatoms. The van der Waals surface area contributed by atoms with Crippen molar-refractivity contribution in [1.82, 2.24) is 15.0 Å². The lowest BCUT2D eigenvalue weighted by Crippen LogP contribution is -2.12. The molecule has 0 saturated carbocycles. The van der Waals surface area contributed by atoms with Gasteiger partial charge in [-0.25, -0.2) is 4.98 Å². The summed E-state index contributed by atoms with van der Waals surface area (Å²) in [4.78, 5) is 25.4. The van der Waals surface area contributed by atoms with Gasteiger partial charge >= 0.3 is 0 Å². The zero-order chi connectivity index (χ0) is 24.0. The predicted molar refractivity (Wildman–Crippen MR) is 136 cm³/mol. The standard InChI is InChI=1S/C27H19N7O/c28-16-18-1-7-24-23(15-18)25(11-14-30-24)32-20-4-2-19(3-5-20)27(35)34-22-6-8-26(31-17-22)33-21-9-12-29-13-10-21/h1-15,17H,(H,30,32)(H,34,35)(H,29,31,33). The van der Waals surface area contributed by atoms with Crippen molar-refractivity contribution in [3.63, 3.8) is 0 Å². The summed E-state index contributed by atoms with van der Waals surface area (Å²) < 4.78 is 0. The Bertz CT molecular complexity index is 1530. The van der Waals surface area contributed by atoms with Gasteiger partial charge in [0.05, 0.1) is 29.0 Å². The minimum atomic E-state index is -0.235. The van der Waals surface area contributed by atoms with E-state index in [9.17, 15) is 10.1 Å². The number of hydrogen-bond donors (Lipinski definition) is 3. The molecule has 2 aromatic carbocycles. The first-order valence-corrected chi connectivity index (χ1v) is 10.8. The van der Waals surface area contributed by atoms with Crippen LogP contribution in [0.25, 0.3) is 10.9 Å². The Morgan fingerprint density at radius 1 is 0.771 bits per heavy atom. The zero-order valence-electron chi connectivity index (χ0n) is 18.4. The third-order valence-electron chi connectivity index (χ3n) is 5.27. The summed E-state index contributed by atoms with van der Waals surface area (Å²) in [6, 6.07) is 23.8. The van der Waals surface area contributed by atoms with E-state index in [0.29, 0.717) is 22.6 Å². The third kappa shape index (κ3) is 5.05. The maximum atomic E-state index is 12.7. The van der Waals surface area contributed by atoms with Crippen LogP contribution >= 0.6 is 0 Å². The summed E-state index contributed by atoms with van der Waals surface area (Å²) in [5.41, 5.74) is 4.98. The fourth-order valence-electron chi connectivity index (χ4n) is 3.51. The molecule has 0 radical (unpaired) electrons. The summed E-state index contributed by atoms with van der Waals surface area (Å²) >= 11 is 0. The smallest absolute Gasteiger partial charge is 0.255 e. The van der Waals surface area contributed by atoms with Crippen LogP contribution in [0.1, 0.15) is 15.9 Å². The summed E-state index contributed by atoms with van der Waals surface area (Å²) in [6.07, 6.45) is 6.70. The molecule has 3 aromatic heterocycles. The number of carbonyl (C=O) groups excluding carboxylic acids is 1. The highest BCUT2D eigenvalue weighted by Gasteiger charge is 2.08. The average Bonchev–Trinajstić information content (AvgIpc) is 2.91. The number of rotatable bonds is 6. The quantitative estimate of drug-likeness (QED) is 0.302. The molecule has 0 aliphatic carbocycles. The Morgan fingerprint density at radius 3 is 2.29 bits per heavy atom. The van der Waals surface area contributed by atoms with E-state index >= 15 is 0 Å². The maximum Gasteiger partial charge on any atom is 0.255 e. The monoisotopic (exact) mass is 457 g/mol. The van der Waals surface area contributed by atoms with E-state index in [-0.39, 0.29) is 5.91 Å². The van der Waals surface area contributed by atoms with Crippen molar-refractivity contribution in [3.05, 3.63) is 109 Å². The highest BCUT2D eigenvalue weighted by molar-refractivity contribution is 6.04. The van der Waals surface area contributed by atoms with Crippen molar-refractivity contribution < 1.29 is 4.79 Å². The predicted octanol–water partition coefficient (Wildman–Crippen LogP) is 5.64. The highest BCUT2D eigenvalue weighted by Crippen LogP contribution is 2.26. The minimum absolute atomic E-state index is 0.235. The number of aromatic nitrogens is 3. The first kappa shape index (κ1) is 21.6. The number of carbonyl (C=O) groups is 1. The van der Waals surface area contributed by atoms with Crippen molar-refractivity contribution >= 4 is 45.4 Å². The fourth-order valence-corrected chi connectivity index (χ4v) is 3.51. The number of pyridine rings is 3. The van der Waals surface area contributed by atoms with Gasteiger partial charge in [0, 0.05) is 46.6 Å². The second-order valence-corrected chi connectivity index (χ2v) is 7.65. The van der Waals surface area contributed by atoms with Gasteiger partial charge in [-0.15, -0.1) is 0 Å². The van der Waals surface area contributed by atoms with E-state index in [1.165, 1.54) is 0 Å². The molecule has 0 unspecified atom stereocenters. The lowest BCUT2D eigenvalue weighted by Gasteiger charge is -2.11. The number of anilines is 5. The number of hydrogen-bond acceptors (Lipinski definition) is 7. The Labute approximate surface area is 201 Å². The summed E-state index contributed by atoms with van der Waals surface area (Å²) in [6.45, 7) is 0. The Hall–Kier alpha value is -5.29. The van der Waals surface area contributed by atoms with Crippen LogP contribution in [-0.2, 0) is 0 Å². The molecule has 0 spiro atoms. The average molecular weight is 457 g/mol. The van der Waals surface area contributed by atoms with E-state index in [0.717, 1.165) is 28.0 Å². The molecule has 3 N–H and O–H groups in total. The molecule has 168 valence electrons. The number of nitrogens with one attached hydrogen (secondary N) is 3. The van der Waals surface area contributed by atoms with Gasteiger partial charge < -0.3 is 16.0 Å². The van der Waals surface area contributed by atoms with Crippen molar-refractivity contribution in [1.29, 1.82) is 5.26 Å². The molecule has 5 rings (SSSR count). The van der Waals surface area contributed by atoms with E-state index in [1.807, 2.05) is 36.4 Å². The Balaban J connectivity index is 1.25. The van der Waals surface area contributed by atoms with Crippen LogP contribution in [0.2, 0.25) is 0 Å². The normalized spacial score (nSPS) is 10.4. The molecular weight excluding hydrogens is 438 g/mol. The van der Waals surface area contributed by atoms with Crippen LogP contribution in [0.5, 0.6) is 0 Å².